The van der Waals surface area contributed by atoms with Crippen LogP contribution in [0.2, 0.25) is 0 Å². The highest BCUT2D eigenvalue weighted by Crippen LogP contribution is 2.31. The topological polar surface area (TPSA) is 136 Å². The van der Waals surface area contributed by atoms with Gasteiger partial charge in [0.25, 0.3) is 5.91 Å². The van der Waals surface area contributed by atoms with Gasteiger partial charge in [-0.1, -0.05) is 0 Å². The molecule has 1 aliphatic heterocycles. The fraction of sp³-hybridized carbons (Fsp3) is 0.211. The molecule has 0 aliphatic carbocycles. The number of halogens is 4. The number of anilines is 1. The molecule has 34 heavy (non-hydrogen) atoms. The molecule has 0 atom stereocenters. The molecule has 1 aliphatic rings. The average Bonchev–Trinajstić information content (AvgIpc) is 3.19. The lowest BCUT2D eigenvalue weighted by molar-refractivity contribution is -0.275. The zero-order chi connectivity index (χ0) is 25.4. The maximum absolute atomic E-state index is 13.9. The highest BCUT2D eigenvalue weighted by Gasteiger charge is 2.38. The van der Waals surface area contributed by atoms with Gasteiger partial charge in [-0.2, -0.15) is 0 Å². The van der Waals surface area contributed by atoms with Crippen LogP contribution < -0.4 is 10.1 Å². The Balaban J connectivity index is 1.72. The van der Waals surface area contributed by atoms with Crippen molar-refractivity contribution in [2.75, 3.05) is 19.4 Å². The molecular weight excluding hydrogens is 486 g/mol. The van der Waals surface area contributed by atoms with Crippen molar-refractivity contribution in [1.29, 1.82) is 5.41 Å². The molecule has 1 aromatic heterocycles. The van der Waals surface area contributed by atoms with E-state index in [1.807, 2.05) is 0 Å². The van der Waals surface area contributed by atoms with Gasteiger partial charge in [0.15, 0.2) is 16.7 Å². The summed E-state index contributed by atoms with van der Waals surface area (Å²) in [4.78, 5) is 41.9. The first kappa shape index (κ1) is 24.6. The second-order valence-corrected chi connectivity index (χ2v) is 7.69. The number of carbonyl (C=O) groups is 3. The maximum Gasteiger partial charge on any atom is 0.573 e. The van der Waals surface area contributed by atoms with Crippen LogP contribution in [0, 0.1) is 11.2 Å². The molecule has 10 nitrogen and oxygen atoms in total. The van der Waals surface area contributed by atoms with E-state index < -0.39 is 59.4 Å². The predicted molar refractivity (Wildman–Crippen MR) is 111 cm³/mol. The van der Waals surface area contributed by atoms with Crippen LogP contribution in [0.25, 0.3) is 11.3 Å². The lowest BCUT2D eigenvalue weighted by atomic mass is 10.1. The van der Waals surface area contributed by atoms with Gasteiger partial charge in [0, 0.05) is 25.0 Å². The predicted octanol–water partition coefficient (Wildman–Crippen LogP) is 3.49. The summed E-state index contributed by atoms with van der Waals surface area (Å²) >= 11 is 0.913. The number of thiazole rings is 1. The van der Waals surface area contributed by atoms with Crippen LogP contribution in [-0.2, 0) is 9.59 Å². The van der Waals surface area contributed by atoms with Crippen molar-refractivity contribution in [2.24, 2.45) is 0 Å². The molecule has 2 heterocycles. The monoisotopic (exact) mass is 501 g/mol. The van der Waals surface area contributed by atoms with E-state index in [2.05, 4.69) is 15.0 Å². The molecule has 0 unspecified atom stereocenters. The van der Waals surface area contributed by atoms with Crippen LogP contribution in [0.3, 0.4) is 0 Å². The molecule has 0 spiro atoms. The number of aliphatic hydroxyl groups is 1. The summed E-state index contributed by atoms with van der Waals surface area (Å²) < 4.78 is 54.3. The molecule has 0 radical (unpaired) electrons. The van der Waals surface area contributed by atoms with Gasteiger partial charge >= 0.3 is 12.4 Å². The standard InChI is InChI=1S/C19H15F4N5O5S/c1-27-15(24)14(16(31)28(2)18(27)32)11(29)6-13(30)26-17-25-10(7-34-17)8-3-4-12(9(20)5-8)33-19(21,22)23/h3-5,7,24,29H,6H2,1-2H3,(H,25,26,30)/b14-11+,24-15?. The normalized spacial score (nSPS) is 16.1. The Labute approximate surface area is 192 Å². The quantitative estimate of drug-likeness (QED) is 0.326. The van der Waals surface area contributed by atoms with Gasteiger partial charge in [-0.25, -0.2) is 14.2 Å². The molecule has 0 bridgehead atoms. The van der Waals surface area contributed by atoms with Crippen molar-refractivity contribution in [3.63, 3.8) is 0 Å². The van der Waals surface area contributed by atoms with Gasteiger partial charge in [-0.15, -0.1) is 24.5 Å². The number of imide groups is 1. The van der Waals surface area contributed by atoms with E-state index in [0.717, 1.165) is 41.5 Å². The van der Waals surface area contributed by atoms with Gasteiger partial charge in [-0.3, -0.25) is 24.8 Å². The van der Waals surface area contributed by atoms with Crippen molar-refractivity contribution in [3.05, 3.63) is 40.7 Å². The number of alkyl halides is 3. The Morgan fingerprint density at radius 2 is 1.94 bits per heavy atom. The zero-order valence-corrected chi connectivity index (χ0v) is 18.2. The largest absolute Gasteiger partial charge is 0.573 e. The van der Waals surface area contributed by atoms with Crippen molar-refractivity contribution >= 4 is 40.1 Å². The summed E-state index contributed by atoms with van der Waals surface area (Å²) in [5, 5.41) is 21.9. The fourth-order valence-corrected chi connectivity index (χ4v) is 3.58. The minimum absolute atomic E-state index is 0.0169. The number of likely N-dealkylation sites (N-methyl/N-ethyl adjacent to an activating group) is 2. The lowest BCUT2D eigenvalue weighted by Crippen LogP contribution is -2.53. The molecule has 180 valence electrons. The Morgan fingerprint density at radius 3 is 2.56 bits per heavy atom. The minimum atomic E-state index is -5.05. The third-order valence-electron chi connectivity index (χ3n) is 4.49. The molecule has 4 amide bonds. The number of amidine groups is 1. The van der Waals surface area contributed by atoms with Gasteiger partial charge in [0.1, 0.15) is 17.2 Å². The lowest BCUT2D eigenvalue weighted by Gasteiger charge is -2.31. The van der Waals surface area contributed by atoms with E-state index in [4.69, 9.17) is 5.41 Å². The third-order valence-corrected chi connectivity index (χ3v) is 5.24. The number of hydrogen-bond acceptors (Lipinski definition) is 8. The van der Waals surface area contributed by atoms with Crippen LogP contribution in [0.4, 0.5) is 27.5 Å². The Hall–Kier alpha value is -4.01. The summed E-state index contributed by atoms with van der Waals surface area (Å²) in [6.07, 6.45) is -5.77. The number of hydrogen-bond donors (Lipinski definition) is 3. The highest BCUT2D eigenvalue weighted by atomic mass is 32.1. The smallest absolute Gasteiger partial charge is 0.511 e. The van der Waals surface area contributed by atoms with Crippen molar-refractivity contribution < 1.29 is 41.8 Å². The first-order valence-corrected chi connectivity index (χ1v) is 10.0. The first-order valence-electron chi connectivity index (χ1n) is 9.16. The van der Waals surface area contributed by atoms with Crippen molar-refractivity contribution in [2.45, 2.75) is 12.8 Å². The molecular formula is C19H15F4N5O5S. The second kappa shape index (κ2) is 9.09. The van der Waals surface area contributed by atoms with E-state index in [1.54, 1.807) is 0 Å². The summed E-state index contributed by atoms with van der Waals surface area (Å²) in [5.41, 5.74) is -0.256. The van der Waals surface area contributed by atoms with Gasteiger partial charge in [0.05, 0.1) is 12.1 Å². The Morgan fingerprint density at radius 1 is 1.26 bits per heavy atom. The second-order valence-electron chi connectivity index (χ2n) is 6.83. The molecule has 15 heteroatoms. The van der Waals surface area contributed by atoms with Gasteiger partial charge in [-0.05, 0) is 18.2 Å². The third kappa shape index (κ3) is 5.14. The molecule has 0 saturated carbocycles. The number of nitrogens with zero attached hydrogens (tertiary/aromatic N) is 3. The first-order chi connectivity index (χ1) is 15.8. The highest BCUT2D eigenvalue weighted by molar-refractivity contribution is 7.14. The number of nitrogens with one attached hydrogen (secondary N) is 2. The molecule has 1 aromatic carbocycles. The maximum atomic E-state index is 13.9. The van der Waals surface area contributed by atoms with E-state index in [-0.39, 0.29) is 16.4 Å². The van der Waals surface area contributed by atoms with Crippen LogP contribution in [0.15, 0.2) is 34.9 Å². The number of urea groups is 1. The number of aromatic nitrogens is 1. The minimum Gasteiger partial charge on any atom is -0.511 e. The van der Waals surface area contributed by atoms with Crippen LogP contribution >= 0.6 is 11.3 Å². The Kier molecular flexibility index (Phi) is 6.58. The van der Waals surface area contributed by atoms with Crippen molar-refractivity contribution in [3.8, 4) is 17.0 Å². The van der Waals surface area contributed by atoms with Crippen LogP contribution in [-0.4, -0.2) is 64.0 Å². The van der Waals surface area contributed by atoms with E-state index in [9.17, 15) is 37.1 Å². The molecule has 1 saturated heterocycles. The van der Waals surface area contributed by atoms with E-state index in [0.29, 0.717) is 4.90 Å². The SMILES string of the molecule is CN1C(=N)/C(=C(\O)CC(=O)Nc2nc(-c3ccc(OC(F)(F)F)c(F)c3)cs2)C(=O)N(C)C1=O. The van der Waals surface area contributed by atoms with Gasteiger partial charge in [0.2, 0.25) is 5.91 Å². The van der Waals surface area contributed by atoms with Gasteiger partial charge < -0.3 is 15.2 Å². The number of amides is 4. The molecule has 2 aromatic rings. The molecule has 1 fully saturated rings. The number of carbonyl (C=O) groups excluding carboxylic acids is 3. The van der Waals surface area contributed by atoms with Crippen molar-refractivity contribution in [1.82, 2.24) is 14.8 Å². The van der Waals surface area contributed by atoms with Crippen LogP contribution in [0.1, 0.15) is 6.42 Å². The van der Waals surface area contributed by atoms with Crippen LogP contribution in [0.5, 0.6) is 5.75 Å². The summed E-state index contributed by atoms with van der Waals surface area (Å²) in [6, 6.07) is 1.94. The average molecular weight is 501 g/mol. The number of rotatable bonds is 5. The van der Waals surface area contributed by atoms with E-state index in [1.165, 1.54) is 12.4 Å². The number of aliphatic hydroxyl groups excluding tert-OH is 1. The molecule has 3 rings (SSSR count). The molecule has 3 N–H and O–H groups in total. The number of ether oxygens (including phenoxy) is 1. The summed E-state index contributed by atoms with van der Waals surface area (Å²) in [6.45, 7) is 0. The Bertz CT molecular complexity index is 1200. The van der Waals surface area contributed by atoms with E-state index >= 15 is 0 Å². The summed E-state index contributed by atoms with van der Waals surface area (Å²) in [5.74, 6) is -5.35. The number of benzene rings is 1. The summed E-state index contributed by atoms with van der Waals surface area (Å²) in [7, 11) is 2.38. The zero-order valence-electron chi connectivity index (χ0n) is 17.4. The fourth-order valence-electron chi connectivity index (χ4n) is 2.84.